The smallest absolute Gasteiger partial charge is 0.147 e. The Bertz CT molecular complexity index is 3080. The SMILES string of the molecule is Cc1cc(C)c(-c2cn3c4ncccc4c4ccc(Oc5ccc6c7cccnc7n7c(-c8c(C)cc(C)cc8C)cnc7c6c5)cc4c3n2)c(C)c1. The number of nitrogens with zero attached hydrogens (tertiary/aromatic N) is 6. The van der Waals surface area contributed by atoms with Crippen LogP contribution in [-0.4, -0.2) is 28.7 Å². The summed E-state index contributed by atoms with van der Waals surface area (Å²) < 4.78 is 11.0. The maximum Gasteiger partial charge on any atom is 0.147 e. The molecule has 0 aliphatic heterocycles. The third kappa shape index (κ3) is 4.73. The van der Waals surface area contributed by atoms with E-state index in [1.165, 1.54) is 38.9 Å². The highest BCUT2D eigenvalue weighted by Gasteiger charge is 2.20. The summed E-state index contributed by atoms with van der Waals surface area (Å²) in [5.74, 6) is 1.45. The fourth-order valence-corrected chi connectivity index (χ4v) is 8.69. The highest BCUT2D eigenvalue weighted by molar-refractivity contribution is 6.13. The second kappa shape index (κ2) is 11.5. The van der Waals surface area contributed by atoms with Crippen molar-refractivity contribution in [2.45, 2.75) is 41.5 Å². The normalized spacial score (nSPS) is 12.0. The lowest BCUT2D eigenvalue weighted by Gasteiger charge is -2.14. The van der Waals surface area contributed by atoms with Crippen molar-refractivity contribution in [2.24, 2.45) is 0 Å². The molecular formula is C46H36N6O. The molecule has 0 radical (unpaired) electrons. The molecule has 7 heteroatoms. The van der Waals surface area contributed by atoms with E-state index in [9.17, 15) is 0 Å². The van der Waals surface area contributed by atoms with Crippen molar-refractivity contribution in [1.29, 1.82) is 0 Å². The number of ether oxygens (including phenoxy) is 1. The Balaban J connectivity index is 1.15. The minimum atomic E-state index is 0.725. The van der Waals surface area contributed by atoms with Crippen LogP contribution in [0.3, 0.4) is 0 Å². The number of aryl methyl sites for hydroxylation is 6. The maximum absolute atomic E-state index is 6.70. The molecule has 0 aliphatic carbocycles. The van der Waals surface area contributed by atoms with Crippen molar-refractivity contribution >= 4 is 54.9 Å². The van der Waals surface area contributed by atoms with Gasteiger partial charge in [-0.1, -0.05) is 35.4 Å². The van der Waals surface area contributed by atoms with Crippen molar-refractivity contribution in [1.82, 2.24) is 28.7 Å². The van der Waals surface area contributed by atoms with Gasteiger partial charge in [0.1, 0.15) is 34.1 Å². The van der Waals surface area contributed by atoms with Crippen LogP contribution in [0.25, 0.3) is 77.4 Å². The molecule has 0 unspecified atom stereocenters. The first-order chi connectivity index (χ1) is 25.7. The zero-order chi connectivity index (χ0) is 36.1. The second-order valence-electron chi connectivity index (χ2n) is 14.4. The van der Waals surface area contributed by atoms with E-state index >= 15 is 0 Å². The molecule has 4 aromatic carbocycles. The van der Waals surface area contributed by atoms with E-state index in [4.69, 9.17) is 24.7 Å². The van der Waals surface area contributed by atoms with Gasteiger partial charge in [0.15, 0.2) is 0 Å². The molecule has 256 valence electrons. The zero-order valence-corrected chi connectivity index (χ0v) is 30.5. The monoisotopic (exact) mass is 688 g/mol. The molecule has 6 heterocycles. The van der Waals surface area contributed by atoms with Crippen molar-refractivity contribution in [3.8, 4) is 34.0 Å². The second-order valence-corrected chi connectivity index (χ2v) is 14.4. The highest BCUT2D eigenvalue weighted by atomic mass is 16.5. The molecule has 0 bridgehead atoms. The summed E-state index contributed by atoms with van der Waals surface area (Å²) in [6.07, 6.45) is 7.79. The number of imidazole rings is 2. The van der Waals surface area contributed by atoms with Crippen LogP contribution in [0.1, 0.15) is 33.4 Å². The van der Waals surface area contributed by atoms with E-state index in [0.717, 1.165) is 83.4 Å². The molecule has 0 fully saturated rings. The van der Waals surface area contributed by atoms with Gasteiger partial charge in [-0.3, -0.25) is 8.80 Å². The average molecular weight is 689 g/mol. The number of benzene rings is 4. The van der Waals surface area contributed by atoms with E-state index in [1.807, 2.05) is 42.9 Å². The van der Waals surface area contributed by atoms with E-state index in [2.05, 4.69) is 117 Å². The summed E-state index contributed by atoms with van der Waals surface area (Å²) in [4.78, 5) is 20.0. The summed E-state index contributed by atoms with van der Waals surface area (Å²) in [6, 6.07) is 29.7. The Kier molecular flexibility index (Phi) is 6.73. The summed E-state index contributed by atoms with van der Waals surface area (Å²) in [6.45, 7) is 12.9. The minimum Gasteiger partial charge on any atom is -0.457 e. The lowest BCUT2D eigenvalue weighted by molar-refractivity contribution is 0.484. The lowest BCUT2D eigenvalue weighted by atomic mass is 9.97. The minimum absolute atomic E-state index is 0.725. The molecule has 0 saturated heterocycles. The van der Waals surface area contributed by atoms with Gasteiger partial charge in [0, 0.05) is 51.3 Å². The maximum atomic E-state index is 6.70. The quantitative estimate of drug-likeness (QED) is 0.172. The average Bonchev–Trinajstić information content (AvgIpc) is 3.77. The highest BCUT2D eigenvalue weighted by Crippen LogP contribution is 2.39. The van der Waals surface area contributed by atoms with Gasteiger partial charge in [-0.25, -0.2) is 19.9 Å². The third-order valence-corrected chi connectivity index (χ3v) is 10.6. The topological polar surface area (TPSA) is 69.6 Å². The van der Waals surface area contributed by atoms with Crippen LogP contribution in [-0.2, 0) is 0 Å². The van der Waals surface area contributed by atoms with Gasteiger partial charge in [-0.15, -0.1) is 0 Å². The molecule has 0 atom stereocenters. The Labute approximate surface area is 306 Å². The van der Waals surface area contributed by atoms with Gasteiger partial charge in [0.05, 0.1) is 17.6 Å². The van der Waals surface area contributed by atoms with E-state index < -0.39 is 0 Å². The molecular weight excluding hydrogens is 653 g/mol. The van der Waals surface area contributed by atoms with E-state index in [-0.39, 0.29) is 0 Å². The van der Waals surface area contributed by atoms with Gasteiger partial charge in [0.2, 0.25) is 0 Å². The number of hydrogen-bond donors (Lipinski definition) is 0. The molecule has 53 heavy (non-hydrogen) atoms. The predicted octanol–water partition coefficient (Wildman–Crippen LogP) is 11.4. The molecule has 0 saturated carbocycles. The fourth-order valence-electron chi connectivity index (χ4n) is 8.69. The third-order valence-electron chi connectivity index (χ3n) is 10.6. The van der Waals surface area contributed by atoms with Gasteiger partial charge in [-0.2, -0.15) is 0 Å². The number of rotatable bonds is 4. The van der Waals surface area contributed by atoms with Crippen LogP contribution in [0.2, 0.25) is 0 Å². The van der Waals surface area contributed by atoms with Crippen LogP contribution in [0.5, 0.6) is 11.5 Å². The van der Waals surface area contributed by atoms with Crippen molar-refractivity contribution in [3.63, 3.8) is 0 Å². The molecule has 0 aliphatic rings. The van der Waals surface area contributed by atoms with Gasteiger partial charge < -0.3 is 4.74 Å². The first-order valence-corrected chi connectivity index (χ1v) is 18.0. The van der Waals surface area contributed by atoms with Crippen molar-refractivity contribution < 1.29 is 4.74 Å². The Morgan fingerprint density at radius 2 is 1.02 bits per heavy atom. The first-order valence-electron chi connectivity index (χ1n) is 18.0. The van der Waals surface area contributed by atoms with Gasteiger partial charge in [-0.05, 0) is 135 Å². The number of fused-ring (bicyclic) bond motifs is 12. The number of aromatic nitrogens is 6. The molecule has 10 aromatic rings. The lowest BCUT2D eigenvalue weighted by Crippen LogP contribution is -1.98. The molecule has 0 spiro atoms. The van der Waals surface area contributed by atoms with E-state index in [1.54, 1.807) is 0 Å². The Hall–Kier alpha value is -6.60. The molecule has 7 nitrogen and oxygen atoms in total. The van der Waals surface area contributed by atoms with Crippen molar-refractivity contribution in [3.05, 3.63) is 143 Å². The molecule has 0 N–H and O–H groups in total. The summed E-state index contributed by atoms with van der Waals surface area (Å²) in [7, 11) is 0. The number of hydrogen-bond acceptors (Lipinski definition) is 5. The predicted molar refractivity (Wildman–Crippen MR) is 215 cm³/mol. The van der Waals surface area contributed by atoms with Crippen LogP contribution in [0.15, 0.2) is 110 Å². The zero-order valence-electron chi connectivity index (χ0n) is 30.5. The van der Waals surface area contributed by atoms with Crippen LogP contribution < -0.4 is 4.74 Å². The summed E-state index contributed by atoms with van der Waals surface area (Å²) in [5, 5.41) is 6.27. The molecule has 6 aromatic heterocycles. The standard InChI is InChI=1S/C46H36N6O/c1-25-17-27(3)41(28(4)18-25)39-24-51-43-35(9-7-15-47-43)33-13-11-32(22-38(33)46(51)50-39)53-31-12-14-34-36-10-8-16-48-44(36)52-40(23-49-45(52)37(34)21-31)42-29(5)19-26(2)20-30(42)6/h7-24H,1-6H3. The van der Waals surface area contributed by atoms with Gasteiger partial charge in [0.25, 0.3) is 0 Å². The summed E-state index contributed by atoms with van der Waals surface area (Å²) in [5.41, 5.74) is 15.1. The van der Waals surface area contributed by atoms with Crippen LogP contribution in [0.4, 0.5) is 0 Å². The molecule has 10 rings (SSSR count). The number of pyridine rings is 4. The van der Waals surface area contributed by atoms with Crippen LogP contribution >= 0.6 is 0 Å². The first kappa shape index (κ1) is 31.2. The molecule has 0 amide bonds. The fraction of sp³-hybridized carbons (Fsp3) is 0.130. The Morgan fingerprint density at radius 3 is 1.64 bits per heavy atom. The Morgan fingerprint density at radius 1 is 0.491 bits per heavy atom. The summed E-state index contributed by atoms with van der Waals surface area (Å²) >= 11 is 0. The van der Waals surface area contributed by atoms with E-state index in [0.29, 0.717) is 0 Å². The van der Waals surface area contributed by atoms with Gasteiger partial charge >= 0.3 is 0 Å². The van der Waals surface area contributed by atoms with Crippen LogP contribution in [0, 0.1) is 41.5 Å². The van der Waals surface area contributed by atoms with Crippen molar-refractivity contribution in [2.75, 3.05) is 0 Å². The largest absolute Gasteiger partial charge is 0.457 e.